The van der Waals surface area contributed by atoms with E-state index in [0.717, 1.165) is 44.5 Å². The zero-order valence-electron chi connectivity index (χ0n) is 10.5. The van der Waals surface area contributed by atoms with E-state index in [-0.39, 0.29) is 11.4 Å². The zero-order chi connectivity index (χ0) is 11.6. The van der Waals surface area contributed by atoms with Crippen molar-refractivity contribution >= 4 is 11.7 Å². The lowest BCUT2D eigenvalue weighted by atomic mass is 9.85. The molecule has 0 aliphatic carbocycles. The van der Waals surface area contributed by atoms with E-state index < -0.39 is 0 Å². The highest BCUT2D eigenvalue weighted by atomic mass is 16.2. The predicted molar refractivity (Wildman–Crippen MR) is 65.5 cm³/mol. The molecule has 1 saturated heterocycles. The Bertz CT molecular complexity index is 303. The summed E-state index contributed by atoms with van der Waals surface area (Å²) in [6.45, 7) is 5.35. The summed E-state index contributed by atoms with van der Waals surface area (Å²) in [7, 11) is 0. The molecule has 0 N–H and O–H groups in total. The number of carbonyl (C=O) groups is 1. The van der Waals surface area contributed by atoms with E-state index in [9.17, 15) is 4.79 Å². The smallest absolute Gasteiger partial charge is 0.273 e. The van der Waals surface area contributed by atoms with Gasteiger partial charge in [0.25, 0.3) is 5.91 Å². The topological polar surface area (TPSA) is 32.7 Å². The van der Waals surface area contributed by atoms with Crippen LogP contribution >= 0.6 is 0 Å². The summed E-state index contributed by atoms with van der Waals surface area (Å²) < 4.78 is 0. The van der Waals surface area contributed by atoms with Crippen LogP contribution < -0.4 is 0 Å². The van der Waals surface area contributed by atoms with Gasteiger partial charge in [0.1, 0.15) is 11.4 Å². The van der Waals surface area contributed by atoms with Gasteiger partial charge in [-0.1, -0.05) is 26.7 Å². The largest absolute Gasteiger partial charge is 0.345 e. The molecule has 3 nitrogen and oxygen atoms in total. The molecule has 2 heterocycles. The molecule has 16 heavy (non-hydrogen) atoms. The molecular formula is C13H22N2O. The molecule has 0 bridgehead atoms. The molecule has 0 aromatic rings. The van der Waals surface area contributed by atoms with Crippen LogP contribution in [0.3, 0.4) is 0 Å². The summed E-state index contributed by atoms with van der Waals surface area (Å²) in [5.41, 5.74) is -0.265. The third kappa shape index (κ3) is 1.66. The van der Waals surface area contributed by atoms with E-state index in [2.05, 4.69) is 23.7 Å². The second kappa shape index (κ2) is 4.56. The molecule has 0 atom stereocenters. The molecule has 1 fully saturated rings. The number of piperidine rings is 1. The Morgan fingerprint density at radius 1 is 1.25 bits per heavy atom. The second-order valence-corrected chi connectivity index (χ2v) is 4.97. The fourth-order valence-corrected chi connectivity index (χ4v) is 3.17. The molecule has 0 saturated carbocycles. The Labute approximate surface area is 97.9 Å². The van der Waals surface area contributed by atoms with Crippen LogP contribution in [0.25, 0.3) is 0 Å². The van der Waals surface area contributed by atoms with Gasteiger partial charge in [0, 0.05) is 13.0 Å². The van der Waals surface area contributed by atoms with Crippen molar-refractivity contribution in [3.05, 3.63) is 0 Å². The number of amidine groups is 1. The summed E-state index contributed by atoms with van der Waals surface area (Å²) >= 11 is 0. The van der Waals surface area contributed by atoms with Crippen LogP contribution in [0.2, 0.25) is 0 Å². The number of hydrogen-bond acceptors (Lipinski definition) is 2. The maximum atomic E-state index is 12.2. The third-order valence-electron chi connectivity index (χ3n) is 3.82. The number of carbonyl (C=O) groups excluding carboxylic acids is 1. The Morgan fingerprint density at radius 2 is 1.94 bits per heavy atom. The van der Waals surface area contributed by atoms with E-state index in [1.807, 2.05) is 0 Å². The molecule has 90 valence electrons. The molecule has 2 aliphatic heterocycles. The van der Waals surface area contributed by atoms with Gasteiger partial charge in [0.15, 0.2) is 0 Å². The predicted octanol–water partition coefficient (Wildman–Crippen LogP) is 2.75. The fraction of sp³-hybridized carbons (Fsp3) is 0.846. The van der Waals surface area contributed by atoms with Crippen molar-refractivity contribution < 1.29 is 4.79 Å². The molecule has 3 heteroatoms. The summed E-state index contributed by atoms with van der Waals surface area (Å²) in [6.07, 6.45) is 7.45. The first-order valence-corrected chi connectivity index (χ1v) is 6.64. The Morgan fingerprint density at radius 3 is 2.56 bits per heavy atom. The minimum absolute atomic E-state index is 0.133. The van der Waals surface area contributed by atoms with Gasteiger partial charge in [-0.15, -0.1) is 0 Å². The van der Waals surface area contributed by atoms with Crippen molar-refractivity contribution in [2.75, 3.05) is 6.54 Å². The van der Waals surface area contributed by atoms with Crippen molar-refractivity contribution in [1.29, 1.82) is 0 Å². The molecule has 0 aromatic heterocycles. The Hall–Kier alpha value is -0.860. The number of rotatable bonds is 4. The van der Waals surface area contributed by atoms with Gasteiger partial charge in [-0.2, -0.15) is 4.99 Å². The fourth-order valence-electron chi connectivity index (χ4n) is 3.17. The van der Waals surface area contributed by atoms with Crippen LogP contribution in [-0.4, -0.2) is 28.7 Å². The number of nitrogens with zero attached hydrogens (tertiary/aromatic N) is 2. The lowest BCUT2D eigenvalue weighted by Gasteiger charge is -2.40. The first-order chi connectivity index (χ1) is 7.74. The van der Waals surface area contributed by atoms with E-state index in [1.165, 1.54) is 12.8 Å². The maximum absolute atomic E-state index is 12.2. The molecule has 2 aliphatic rings. The Balaban J connectivity index is 2.26. The van der Waals surface area contributed by atoms with Gasteiger partial charge < -0.3 is 4.90 Å². The average Bonchev–Trinajstić information content (AvgIpc) is 2.54. The highest BCUT2D eigenvalue weighted by Crippen LogP contribution is 2.36. The second-order valence-electron chi connectivity index (χ2n) is 4.97. The van der Waals surface area contributed by atoms with Gasteiger partial charge in [-0.25, -0.2) is 0 Å². The number of fused-ring (bicyclic) bond motifs is 1. The Kier molecular flexibility index (Phi) is 3.31. The highest BCUT2D eigenvalue weighted by Gasteiger charge is 2.48. The summed E-state index contributed by atoms with van der Waals surface area (Å²) in [6, 6.07) is 0. The summed E-state index contributed by atoms with van der Waals surface area (Å²) in [5.74, 6) is 1.20. The van der Waals surface area contributed by atoms with Crippen molar-refractivity contribution in [2.45, 2.75) is 64.3 Å². The van der Waals surface area contributed by atoms with Gasteiger partial charge in [0.05, 0.1) is 0 Å². The monoisotopic (exact) mass is 222 g/mol. The SMILES string of the molecule is CCCC1(CCC)C(=O)N=C2CCCCN21. The molecule has 2 rings (SSSR count). The van der Waals surface area contributed by atoms with Crippen molar-refractivity contribution in [1.82, 2.24) is 4.90 Å². The molecule has 0 aromatic carbocycles. The molecule has 0 spiro atoms. The van der Waals surface area contributed by atoms with Gasteiger partial charge in [-0.05, 0) is 25.7 Å². The summed E-state index contributed by atoms with van der Waals surface area (Å²) in [5, 5.41) is 0. The van der Waals surface area contributed by atoms with Crippen LogP contribution in [-0.2, 0) is 4.79 Å². The number of hydrogen-bond donors (Lipinski definition) is 0. The minimum atomic E-state index is -0.265. The van der Waals surface area contributed by atoms with E-state index in [0.29, 0.717) is 0 Å². The molecular weight excluding hydrogens is 200 g/mol. The molecule has 0 unspecified atom stereocenters. The van der Waals surface area contributed by atoms with Crippen LogP contribution in [0.5, 0.6) is 0 Å². The van der Waals surface area contributed by atoms with Gasteiger partial charge >= 0.3 is 0 Å². The van der Waals surface area contributed by atoms with Crippen molar-refractivity contribution in [3.63, 3.8) is 0 Å². The minimum Gasteiger partial charge on any atom is -0.345 e. The van der Waals surface area contributed by atoms with Crippen LogP contribution in [0.4, 0.5) is 0 Å². The molecule has 1 amide bonds. The summed E-state index contributed by atoms with van der Waals surface area (Å²) in [4.78, 5) is 18.8. The average molecular weight is 222 g/mol. The van der Waals surface area contributed by atoms with Gasteiger partial charge in [0.2, 0.25) is 0 Å². The maximum Gasteiger partial charge on any atom is 0.273 e. The lowest BCUT2D eigenvalue weighted by molar-refractivity contribution is -0.126. The quantitative estimate of drug-likeness (QED) is 0.732. The van der Waals surface area contributed by atoms with Crippen LogP contribution in [0.1, 0.15) is 58.8 Å². The standard InChI is InChI=1S/C13H22N2O/c1-3-8-13(9-4-2)12(16)14-11-7-5-6-10-15(11)13/h3-10H2,1-2H3. The molecule has 0 radical (unpaired) electrons. The van der Waals surface area contributed by atoms with Crippen LogP contribution in [0, 0.1) is 0 Å². The van der Waals surface area contributed by atoms with E-state index in [1.54, 1.807) is 0 Å². The first kappa shape index (κ1) is 11.6. The lowest BCUT2D eigenvalue weighted by Crippen LogP contribution is -2.53. The van der Waals surface area contributed by atoms with E-state index >= 15 is 0 Å². The highest BCUT2D eigenvalue weighted by molar-refractivity contribution is 6.06. The van der Waals surface area contributed by atoms with Crippen molar-refractivity contribution in [2.24, 2.45) is 4.99 Å². The third-order valence-corrected chi connectivity index (χ3v) is 3.82. The number of amides is 1. The normalized spacial score (nSPS) is 23.2. The van der Waals surface area contributed by atoms with Crippen LogP contribution in [0.15, 0.2) is 4.99 Å². The zero-order valence-corrected chi connectivity index (χ0v) is 10.5. The first-order valence-electron chi connectivity index (χ1n) is 6.64. The van der Waals surface area contributed by atoms with Crippen molar-refractivity contribution in [3.8, 4) is 0 Å². The number of aliphatic imine (C=N–C) groups is 1. The van der Waals surface area contributed by atoms with Gasteiger partial charge in [-0.3, -0.25) is 4.79 Å². The van der Waals surface area contributed by atoms with E-state index in [4.69, 9.17) is 0 Å².